The Morgan fingerprint density at radius 3 is 2.62 bits per heavy atom. The maximum atomic E-state index is 11.9. The van der Waals surface area contributed by atoms with Crippen molar-refractivity contribution in [2.45, 2.75) is 26.1 Å². The normalized spacial score (nSPS) is 11.6. The van der Waals surface area contributed by atoms with Gasteiger partial charge in [-0.1, -0.05) is 0 Å². The van der Waals surface area contributed by atoms with Crippen molar-refractivity contribution < 1.29 is 23.0 Å². The van der Waals surface area contributed by atoms with E-state index >= 15 is 0 Å². The van der Waals surface area contributed by atoms with Gasteiger partial charge in [0.1, 0.15) is 11.4 Å². The summed E-state index contributed by atoms with van der Waals surface area (Å²) in [4.78, 5) is 3.95. The molecule has 0 saturated heterocycles. The molecule has 0 aliphatic heterocycles. The number of rotatable bonds is 4. The zero-order chi connectivity index (χ0) is 12.2. The Morgan fingerprint density at radius 2 is 2.06 bits per heavy atom. The Balaban J connectivity index is 2.60. The maximum absolute atomic E-state index is 11.9. The lowest BCUT2D eigenvalue weighted by molar-refractivity contribution is -0.139. The summed E-state index contributed by atoms with van der Waals surface area (Å²) in [6, 6.07) is 3.12. The van der Waals surface area contributed by atoms with Gasteiger partial charge in [0.2, 0.25) is 0 Å². The zero-order valence-electron chi connectivity index (χ0n) is 8.71. The smallest absolute Gasteiger partial charge is 0.392 e. The maximum Gasteiger partial charge on any atom is 0.392 e. The van der Waals surface area contributed by atoms with Crippen molar-refractivity contribution in [3.63, 3.8) is 0 Å². The highest BCUT2D eigenvalue weighted by atomic mass is 19.4. The largest absolute Gasteiger partial charge is 0.491 e. The lowest BCUT2D eigenvalue weighted by atomic mass is 10.3. The summed E-state index contributed by atoms with van der Waals surface area (Å²) in [6.07, 6.45) is -5.26. The van der Waals surface area contributed by atoms with Crippen LogP contribution in [0.3, 0.4) is 0 Å². The number of hydrogen-bond acceptors (Lipinski definition) is 3. The van der Waals surface area contributed by atoms with Gasteiger partial charge in [-0.05, 0) is 19.1 Å². The van der Waals surface area contributed by atoms with E-state index in [0.29, 0.717) is 5.69 Å². The van der Waals surface area contributed by atoms with Crippen LogP contribution in [0.4, 0.5) is 13.2 Å². The Bertz CT molecular complexity index is 352. The molecule has 0 saturated carbocycles. The van der Waals surface area contributed by atoms with Gasteiger partial charge in [0.05, 0.1) is 19.6 Å². The van der Waals surface area contributed by atoms with E-state index < -0.39 is 19.2 Å². The van der Waals surface area contributed by atoms with Gasteiger partial charge in [0.15, 0.2) is 0 Å². The van der Waals surface area contributed by atoms with E-state index in [4.69, 9.17) is 9.84 Å². The van der Waals surface area contributed by atoms with Gasteiger partial charge in [0, 0.05) is 5.69 Å². The second kappa shape index (κ2) is 5.16. The fourth-order valence-electron chi connectivity index (χ4n) is 1.12. The summed E-state index contributed by atoms with van der Waals surface area (Å²) in [5, 5.41) is 8.94. The van der Waals surface area contributed by atoms with Gasteiger partial charge in [-0.25, -0.2) is 0 Å². The minimum Gasteiger partial charge on any atom is -0.491 e. The van der Waals surface area contributed by atoms with Crippen LogP contribution in [0.1, 0.15) is 17.8 Å². The number of pyridine rings is 1. The van der Waals surface area contributed by atoms with E-state index in [0.717, 1.165) is 0 Å². The fourth-order valence-corrected chi connectivity index (χ4v) is 1.12. The number of nitrogens with zero attached hydrogens (tertiary/aromatic N) is 1. The Labute approximate surface area is 90.9 Å². The highest BCUT2D eigenvalue weighted by Crippen LogP contribution is 2.22. The zero-order valence-corrected chi connectivity index (χ0v) is 8.71. The number of aliphatic hydroxyl groups is 1. The average molecular weight is 235 g/mol. The second-order valence-corrected chi connectivity index (χ2v) is 3.27. The standard InChI is InChI=1S/C10H12F3NO2/c1-7-2-3-9(8(6-15)14-7)16-5-4-10(11,12)13/h2-3,15H,4-6H2,1H3. The van der Waals surface area contributed by atoms with Crippen LogP contribution in [0, 0.1) is 6.92 Å². The molecule has 1 aromatic rings. The van der Waals surface area contributed by atoms with Crippen LogP contribution in [0.15, 0.2) is 12.1 Å². The molecule has 16 heavy (non-hydrogen) atoms. The van der Waals surface area contributed by atoms with E-state index in [-0.39, 0.29) is 18.1 Å². The summed E-state index contributed by atoms with van der Waals surface area (Å²) >= 11 is 0. The molecule has 1 heterocycles. The Hall–Kier alpha value is -1.30. The van der Waals surface area contributed by atoms with Crippen LogP contribution in [-0.2, 0) is 6.61 Å². The van der Waals surface area contributed by atoms with E-state index in [1.807, 2.05) is 0 Å². The minimum atomic E-state index is -4.24. The number of aromatic nitrogens is 1. The first kappa shape index (κ1) is 12.8. The first-order valence-corrected chi connectivity index (χ1v) is 4.69. The van der Waals surface area contributed by atoms with E-state index in [9.17, 15) is 13.2 Å². The minimum absolute atomic E-state index is 0.192. The predicted molar refractivity (Wildman–Crippen MR) is 51.1 cm³/mol. The molecule has 3 nitrogen and oxygen atoms in total. The molecule has 0 aromatic carbocycles. The first-order valence-electron chi connectivity index (χ1n) is 4.69. The van der Waals surface area contributed by atoms with Crippen LogP contribution in [-0.4, -0.2) is 22.9 Å². The number of ether oxygens (including phenoxy) is 1. The number of aliphatic hydroxyl groups excluding tert-OH is 1. The van der Waals surface area contributed by atoms with Crippen molar-refractivity contribution in [3.05, 3.63) is 23.5 Å². The van der Waals surface area contributed by atoms with Gasteiger partial charge < -0.3 is 9.84 Å². The molecule has 1 aromatic heterocycles. The second-order valence-electron chi connectivity index (χ2n) is 3.27. The molecule has 0 spiro atoms. The summed E-state index contributed by atoms with van der Waals surface area (Å²) in [5.74, 6) is 0.192. The summed E-state index contributed by atoms with van der Waals surface area (Å²) in [5.41, 5.74) is 0.925. The molecule has 0 fully saturated rings. The van der Waals surface area contributed by atoms with E-state index in [1.165, 1.54) is 6.07 Å². The summed E-state index contributed by atoms with van der Waals surface area (Å²) < 4.78 is 40.5. The molecular formula is C10H12F3NO2. The van der Waals surface area contributed by atoms with Crippen molar-refractivity contribution in [2.24, 2.45) is 0 Å². The van der Waals surface area contributed by atoms with Gasteiger partial charge in [-0.15, -0.1) is 0 Å². The molecule has 1 N–H and O–H groups in total. The number of halogens is 3. The summed E-state index contributed by atoms with van der Waals surface area (Å²) in [7, 11) is 0. The van der Waals surface area contributed by atoms with Crippen LogP contribution < -0.4 is 4.74 Å². The monoisotopic (exact) mass is 235 g/mol. The first-order chi connectivity index (χ1) is 7.42. The van der Waals surface area contributed by atoms with Crippen LogP contribution in [0.25, 0.3) is 0 Å². The highest BCUT2D eigenvalue weighted by molar-refractivity contribution is 5.28. The lowest BCUT2D eigenvalue weighted by Crippen LogP contribution is -2.13. The average Bonchev–Trinajstić information content (AvgIpc) is 2.18. The Morgan fingerprint density at radius 1 is 1.38 bits per heavy atom. The van der Waals surface area contributed by atoms with Crippen molar-refractivity contribution in [1.29, 1.82) is 0 Å². The van der Waals surface area contributed by atoms with Crippen LogP contribution in [0.2, 0.25) is 0 Å². The van der Waals surface area contributed by atoms with E-state index in [1.54, 1.807) is 13.0 Å². The third-order valence-electron chi connectivity index (χ3n) is 1.86. The fraction of sp³-hybridized carbons (Fsp3) is 0.500. The van der Waals surface area contributed by atoms with Gasteiger partial charge in [-0.3, -0.25) is 4.98 Å². The number of hydrogen-bond donors (Lipinski definition) is 1. The molecule has 0 aliphatic rings. The quantitative estimate of drug-likeness (QED) is 0.870. The lowest BCUT2D eigenvalue weighted by Gasteiger charge is -2.11. The topological polar surface area (TPSA) is 42.4 Å². The molecule has 90 valence electrons. The third-order valence-corrected chi connectivity index (χ3v) is 1.86. The highest BCUT2D eigenvalue weighted by Gasteiger charge is 2.27. The molecule has 1 rings (SSSR count). The molecule has 0 radical (unpaired) electrons. The molecule has 0 atom stereocenters. The number of alkyl halides is 3. The molecule has 0 amide bonds. The van der Waals surface area contributed by atoms with E-state index in [2.05, 4.69) is 4.98 Å². The predicted octanol–water partition coefficient (Wildman–Crippen LogP) is 2.21. The van der Waals surface area contributed by atoms with Crippen molar-refractivity contribution in [1.82, 2.24) is 4.98 Å². The molecule has 0 bridgehead atoms. The van der Waals surface area contributed by atoms with Gasteiger partial charge in [0.25, 0.3) is 0 Å². The van der Waals surface area contributed by atoms with Crippen molar-refractivity contribution in [3.8, 4) is 5.75 Å². The molecule has 6 heteroatoms. The van der Waals surface area contributed by atoms with Crippen LogP contribution >= 0.6 is 0 Å². The SMILES string of the molecule is Cc1ccc(OCCC(F)(F)F)c(CO)n1. The van der Waals surface area contributed by atoms with Gasteiger partial charge >= 0.3 is 6.18 Å². The number of aryl methyl sites for hydroxylation is 1. The Kier molecular flexibility index (Phi) is 4.12. The molecular weight excluding hydrogens is 223 g/mol. The third kappa shape index (κ3) is 4.06. The molecule has 0 unspecified atom stereocenters. The summed E-state index contributed by atoms with van der Waals surface area (Å²) in [6.45, 7) is 0.892. The van der Waals surface area contributed by atoms with Crippen LogP contribution in [0.5, 0.6) is 5.75 Å². The molecule has 0 aliphatic carbocycles. The van der Waals surface area contributed by atoms with Gasteiger partial charge in [-0.2, -0.15) is 13.2 Å². The van der Waals surface area contributed by atoms with Crippen molar-refractivity contribution >= 4 is 0 Å². The van der Waals surface area contributed by atoms with Crippen molar-refractivity contribution in [2.75, 3.05) is 6.61 Å².